The average molecular weight is 419 g/mol. The first-order chi connectivity index (χ1) is 14.5. The Morgan fingerprint density at radius 2 is 1.97 bits per heavy atom. The first kappa shape index (κ1) is 24.0. The van der Waals surface area contributed by atoms with E-state index in [9.17, 15) is 4.79 Å². The summed E-state index contributed by atoms with van der Waals surface area (Å²) in [6.07, 6.45) is 6.15. The van der Waals surface area contributed by atoms with Gasteiger partial charge in [-0.3, -0.25) is 4.79 Å². The maximum absolute atomic E-state index is 11.5. The normalized spacial score (nSPS) is 15.7. The van der Waals surface area contributed by atoms with Crippen LogP contribution in [0.4, 0.5) is 5.69 Å². The summed E-state index contributed by atoms with van der Waals surface area (Å²) >= 11 is 0. The van der Waals surface area contributed by atoms with Crippen molar-refractivity contribution in [3.05, 3.63) is 23.8 Å². The molecule has 168 valence electrons. The first-order valence-corrected chi connectivity index (χ1v) is 11.1. The largest absolute Gasteiger partial charge is 0.495 e. The number of aliphatic imine (C=N–C) groups is 1. The van der Waals surface area contributed by atoms with E-state index < -0.39 is 0 Å². The van der Waals surface area contributed by atoms with Gasteiger partial charge in [-0.25, -0.2) is 4.99 Å². The van der Waals surface area contributed by atoms with Gasteiger partial charge in [0.1, 0.15) is 5.75 Å². The molecule has 0 unspecified atom stereocenters. The molecule has 0 bridgehead atoms. The fourth-order valence-electron chi connectivity index (χ4n) is 4.00. The summed E-state index contributed by atoms with van der Waals surface area (Å²) in [5, 5.41) is 9.72. The minimum atomic E-state index is -0.127. The lowest BCUT2D eigenvalue weighted by molar-refractivity contribution is -0.114. The summed E-state index contributed by atoms with van der Waals surface area (Å²) in [6, 6.07) is 5.74. The smallest absolute Gasteiger partial charge is 0.221 e. The monoisotopic (exact) mass is 418 g/mol. The third kappa shape index (κ3) is 7.52. The highest BCUT2D eigenvalue weighted by molar-refractivity contribution is 5.90. The van der Waals surface area contributed by atoms with Crippen LogP contribution in [0.1, 0.15) is 58.4 Å². The van der Waals surface area contributed by atoms with Crippen molar-refractivity contribution in [2.24, 2.45) is 10.4 Å². The van der Waals surface area contributed by atoms with E-state index in [2.05, 4.69) is 22.9 Å². The van der Waals surface area contributed by atoms with Crippen LogP contribution in [-0.4, -0.2) is 45.3 Å². The lowest BCUT2D eigenvalue weighted by Gasteiger charge is -2.30. The number of amides is 1. The molecule has 2 rings (SSSR count). The third-order valence-corrected chi connectivity index (χ3v) is 5.61. The number of benzene rings is 1. The van der Waals surface area contributed by atoms with E-state index in [-0.39, 0.29) is 5.91 Å². The number of rotatable bonds is 11. The van der Waals surface area contributed by atoms with Gasteiger partial charge in [0.2, 0.25) is 5.91 Å². The molecule has 7 nitrogen and oxygen atoms in total. The number of guanidine groups is 1. The van der Waals surface area contributed by atoms with Crippen molar-refractivity contribution in [1.29, 1.82) is 0 Å². The minimum Gasteiger partial charge on any atom is -0.495 e. The van der Waals surface area contributed by atoms with Crippen molar-refractivity contribution in [1.82, 2.24) is 10.6 Å². The van der Waals surface area contributed by atoms with Crippen LogP contribution in [-0.2, 0) is 16.1 Å². The third-order valence-electron chi connectivity index (χ3n) is 5.61. The van der Waals surface area contributed by atoms with Gasteiger partial charge >= 0.3 is 0 Å². The number of carbonyl (C=O) groups excluding carboxylic acids is 1. The molecule has 7 heteroatoms. The molecule has 1 aliphatic rings. The average Bonchev–Trinajstić information content (AvgIpc) is 3.19. The molecule has 30 heavy (non-hydrogen) atoms. The Labute approximate surface area is 181 Å². The SMILES string of the molecule is CCNC(=NCc1ccc(OC)c(NC(C)=O)c1)NCC1(CCOCC)CCCC1. The summed E-state index contributed by atoms with van der Waals surface area (Å²) in [5.74, 6) is 1.33. The van der Waals surface area contributed by atoms with Crippen LogP contribution in [0.5, 0.6) is 5.75 Å². The molecule has 1 aromatic carbocycles. The molecule has 0 aliphatic heterocycles. The lowest BCUT2D eigenvalue weighted by atomic mass is 9.83. The van der Waals surface area contributed by atoms with Crippen molar-refractivity contribution in [3.63, 3.8) is 0 Å². The van der Waals surface area contributed by atoms with Crippen molar-refractivity contribution < 1.29 is 14.3 Å². The molecule has 0 spiro atoms. The highest BCUT2D eigenvalue weighted by Crippen LogP contribution is 2.40. The number of carbonyl (C=O) groups is 1. The lowest BCUT2D eigenvalue weighted by Crippen LogP contribution is -2.43. The first-order valence-electron chi connectivity index (χ1n) is 11.1. The van der Waals surface area contributed by atoms with Gasteiger partial charge in [0.25, 0.3) is 0 Å². The van der Waals surface area contributed by atoms with Crippen LogP contribution in [0.25, 0.3) is 0 Å². The minimum absolute atomic E-state index is 0.127. The fraction of sp³-hybridized carbons (Fsp3) is 0.652. The van der Waals surface area contributed by atoms with E-state index in [1.165, 1.54) is 32.6 Å². The number of ether oxygens (including phenoxy) is 2. The molecular weight excluding hydrogens is 380 g/mol. The van der Waals surface area contributed by atoms with Crippen LogP contribution < -0.4 is 20.7 Å². The fourth-order valence-corrected chi connectivity index (χ4v) is 4.00. The highest BCUT2D eigenvalue weighted by atomic mass is 16.5. The van der Waals surface area contributed by atoms with Crippen molar-refractivity contribution in [3.8, 4) is 5.75 Å². The summed E-state index contributed by atoms with van der Waals surface area (Å²) < 4.78 is 11.0. The second-order valence-electron chi connectivity index (χ2n) is 7.92. The van der Waals surface area contributed by atoms with Crippen LogP contribution >= 0.6 is 0 Å². The summed E-state index contributed by atoms with van der Waals surface area (Å²) in [7, 11) is 1.59. The molecule has 1 saturated carbocycles. The Bertz CT molecular complexity index is 700. The van der Waals surface area contributed by atoms with E-state index >= 15 is 0 Å². The van der Waals surface area contributed by atoms with E-state index in [1.54, 1.807) is 7.11 Å². The maximum Gasteiger partial charge on any atom is 0.221 e. The number of hydrogen-bond donors (Lipinski definition) is 3. The summed E-state index contributed by atoms with van der Waals surface area (Å²) in [4.78, 5) is 16.2. The Kier molecular flexibility index (Phi) is 9.94. The van der Waals surface area contributed by atoms with Gasteiger partial charge in [0.05, 0.1) is 19.3 Å². The molecule has 0 radical (unpaired) electrons. The van der Waals surface area contributed by atoms with E-state index in [0.29, 0.717) is 23.4 Å². The second-order valence-corrected chi connectivity index (χ2v) is 7.92. The number of hydrogen-bond acceptors (Lipinski definition) is 4. The van der Waals surface area contributed by atoms with Gasteiger partial charge in [0.15, 0.2) is 5.96 Å². The molecule has 1 amide bonds. The molecule has 0 heterocycles. The van der Waals surface area contributed by atoms with Crippen LogP contribution in [0, 0.1) is 5.41 Å². The molecule has 3 N–H and O–H groups in total. The van der Waals surface area contributed by atoms with Gasteiger partial charge in [-0.1, -0.05) is 18.9 Å². The molecule has 0 aromatic heterocycles. The predicted molar refractivity (Wildman–Crippen MR) is 122 cm³/mol. The molecule has 0 saturated heterocycles. The van der Waals surface area contributed by atoms with Crippen LogP contribution in [0.2, 0.25) is 0 Å². The van der Waals surface area contributed by atoms with Crippen molar-refractivity contribution >= 4 is 17.6 Å². The van der Waals surface area contributed by atoms with Gasteiger partial charge in [-0.05, 0) is 56.2 Å². The molecular formula is C23H38N4O3. The predicted octanol–water partition coefficient (Wildman–Crippen LogP) is 3.70. The zero-order valence-electron chi connectivity index (χ0n) is 19.0. The number of anilines is 1. The van der Waals surface area contributed by atoms with Crippen molar-refractivity contribution in [2.75, 3.05) is 38.7 Å². The molecule has 1 aliphatic carbocycles. The van der Waals surface area contributed by atoms with E-state index in [0.717, 1.165) is 44.2 Å². The van der Waals surface area contributed by atoms with Gasteiger partial charge in [-0.2, -0.15) is 0 Å². The van der Waals surface area contributed by atoms with Gasteiger partial charge < -0.3 is 25.4 Å². The molecule has 1 fully saturated rings. The zero-order valence-corrected chi connectivity index (χ0v) is 19.0. The Hall–Kier alpha value is -2.28. The molecule has 0 atom stereocenters. The molecule has 1 aromatic rings. The number of nitrogens with one attached hydrogen (secondary N) is 3. The van der Waals surface area contributed by atoms with Gasteiger partial charge in [0, 0.05) is 33.2 Å². The Balaban J connectivity index is 2.03. The quantitative estimate of drug-likeness (QED) is 0.290. The van der Waals surface area contributed by atoms with Crippen LogP contribution in [0.3, 0.4) is 0 Å². The van der Waals surface area contributed by atoms with Crippen molar-refractivity contribution in [2.45, 2.75) is 59.4 Å². The summed E-state index contributed by atoms with van der Waals surface area (Å²) in [6.45, 7) is 9.43. The Morgan fingerprint density at radius 3 is 2.60 bits per heavy atom. The van der Waals surface area contributed by atoms with Crippen LogP contribution in [0.15, 0.2) is 23.2 Å². The zero-order chi connectivity index (χ0) is 21.8. The van der Waals surface area contributed by atoms with E-state index in [1.807, 2.05) is 25.1 Å². The van der Waals surface area contributed by atoms with E-state index in [4.69, 9.17) is 14.5 Å². The summed E-state index contributed by atoms with van der Waals surface area (Å²) in [5.41, 5.74) is 1.96. The highest BCUT2D eigenvalue weighted by Gasteiger charge is 2.33. The topological polar surface area (TPSA) is 84.0 Å². The second kappa shape index (κ2) is 12.4. The standard InChI is InChI=1S/C23H38N4O3/c1-5-24-22(26-17-23(11-7-8-12-23)13-14-30-6-2)25-16-19-9-10-21(29-4)20(15-19)27-18(3)28/h9-10,15H,5-8,11-14,16-17H2,1-4H3,(H,27,28)(H2,24,25,26). The maximum atomic E-state index is 11.5. The number of methoxy groups -OCH3 is 1. The Morgan fingerprint density at radius 1 is 1.20 bits per heavy atom. The van der Waals surface area contributed by atoms with Gasteiger partial charge in [-0.15, -0.1) is 0 Å². The number of nitrogens with zero attached hydrogens (tertiary/aromatic N) is 1.